The zero-order valence-corrected chi connectivity index (χ0v) is 37.8. The van der Waals surface area contributed by atoms with Crippen molar-refractivity contribution in [3.63, 3.8) is 0 Å². The second-order valence-corrected chi connectivity index (χ2v) is 16.2. The van der Waals surface area contributed by atoms with Crippen LogP contribution in [0.15, 0.2) is 12.1 Å². The monoisotopic (exact) mass is 805 g/mol. The Bertz CT molecular complexity index is 961. The van der Waals surface area contributed by atoms with Crippen molar-refractivity contribution in [2.45, 2.75) is 213 Å². The first-order valence-corrected chi connectivity index (χ1v) is 24.4. The predicted molar refractivity (Wildman–Crippen MR) is 241 cm³/mol. The molecule has 0 heterocycles. The number of unbranched alkanes of at least 4 members (excludes halogenated alkanes) is 27. The Kier molecular flexibility index (Phi) is 39.1. The summed E-state index contributed by atoms with van der Waals surface area (Å²) < 4.78 is 30.4. The van der Waals surface area contributed by atoms with Crippen molar-refractivity contribution in [1.82, 2.24) is 5.32 Å². The SMILES string of the molecule is CCCCCCCCCCCCOc1cc(C(=O)NCCOCCOCCN)cc(OCCCCCCCCCCCC)c1OCCCCCCCCCCCC. The molecule has 1 amide bonds. The van der Waals surface area contributed by atoms with E-state index < -0.39 is 0 Å². The summed E-state index contributed by atoms with van der Waals surface area (Å²) in [4.78, 5) is 13.5. The summed E-state index contributed by atoms with van der Waals surface area (Å²) in [6.45, 7) is 11.4. The first kappa shape index (κ1) is 53.0. The molecule has 0 unspecified atom stereocenters. The van der Waals surface area contributed by atoms with Gasteiger partial charge in [-0.15, -0.1) is 0 Å². The number of carbonyl (C=O) groups is 1. The molecule has 0 aromatic heterocycles. The predicted octanol–water partition coefficient (Wildman–Crippen LogP) is 13.3. The van der Waals surface area contributed by atoms with Crippen LogP contribution in [0.25, 0.3) is 0 Å². The van der Waals surface area contributed by atoms with E-state index in [9.17, 15) is 4.79 Å². The number of benzene rings is 1. The Labute approximate surface area is 352 Å². The molecule has 334 valence electrons. The van der Waals surface area contributed by atoms with Gasteiger partial charge in [-0.2, -0.15) is 0 Å². The van der Waals surface area contributed by atoms with Crippen LogP contribution < -0.4 is 25.3 Å². The highest BCUT2D eigenvalue weighted by molar-refractivity contribution is 5.95. The Balaban J connectivity index is 2.87. The number of hydrogen-bond acceptors (Lipinski definition) is 7. The molecule has 1 rings (SSSR count). The molecule has 8 nitrogen and oxygen atoms in total. The van der Waals surface area contributed by atoms with Crippen LogP contribution in [0.3, 0.4) is 0 Å². The number of hydrogen-bond donors (Lipinski definition) is 2. The summed E-state index contributed by atoms with van der Waals surface area (Å²) in [6.07, 6.45) is 38.2. The van der Waals surface area contributed by atoms with Crippen LogP contribution in [0.4, 0.5) is 0 Å². The lowest BCUT2D eigenvalue weighted by Crippen LogP contribution is -2.28. The molecular weight excluding hydrogens is 713 g/mol. The van der Waals surface area contributed by atoms with Crippen molar-refractivity contribution in [2.24, 2.45) is 5.73 Å². The lowest BCUT2D eigenvalue weighted by atomic mass is 10.1. The van der Waals surface area contributed by atoms with Gasteiger partial charge in [0.25, 0.3) is 5.91 Å². The Morgan fingerprint density at radius 3 is 1.14 bits per heavy atom. The van der Waals surface area contributed by atoms with Crippen LogP contribution in [-0.4, -0.2) is 65.2 Å². The van der Waals surface area contributed by atoms with Gasteiger partial charge in [0.15, 0.2) is 11.5 Å². The van der Waals surface area contributed by atoms with Crippen molar-refractivity contribution in [1.29, 1.82) is 0 Å². The van der Waals surface area contributed by atoms with E-state index in [0.717, 1.165) is 38.5 Å². The maximum Gasteiger partial charge on any atom is 0.251 e. The van der Waals surface area contributed by atoms with Gasteiger partial charge in [0.1, 0.15) is 0 Å². The largest absolute Gasteiger partial charge is 0.490 e. The van der Waals surface area contributed by atoms with Crippen LogP contribution in [0, 0.1) is 0 Å². The fourth-order valence-electron chi connectivity index (χ4n) is 7.12. The van der Waals surface area contributed by atoms with Crippen LogP contribution >= 0.6 is 0 Å². The van der Waals surface area contributed by atoms with Gasteiger partial charge in [-0.3, -0.25) is 4.79 Å². The summed E-state index contributed by atoms with van der Waals surface area (Å²) in [5.41, 5.74) is 6.00. The van der Waals surface area contributed by atoms with Crippen LogP contribution in [0.1, 0.15) is 224 Å². The highest BCUT2D eigenvalue weighted by atomic mass is 16.5. The number of rotatable bonds is 45. The molecular formula is C49H92N2O6. The lowest BCUT2D eigenvalue weighted by Gasteiger charge is -2.19. The molecule has 0 atom stereocenters. The summed E-state index contributed by atoms with van der Waals surface area (Å²) in [6, 6.07) is 3.68. The van der Waals surface area contributed by atoms with Gasteiger partial charge in [0.2, 0.25) is 5.75 Å². The van der Waals surface area contributed by atoms with Gasteiger partial charge in [-0.1, -0.05) is 194 Å². The highest BCUT2D eigenvalue weighted by Gasteiger charge is 2.19. The summed E-state index contributed by atoms with van der Waals surface area (Å²) in [5.74, 6) is 1.68. The molecule has 0 spiro atoms. The topological polar surface area (TPSA) is 101 Å². The van der Waals surface area contributed by atoms with E-state index in [0.29, 0.717) is 82.1 Å². The summed E-state index contributed by atoms with van der Waals surface area (Å²) in [5, 5.41) is 3.01. The molecule has 1 aromatic carbocycles. The maximum atomic E-state index is 13.5. The second-order valence-electron chi connectivity index (χ2n) is 16.2. The minimum atomic E-state index is -0.174. The number of amides is 1. The number of ether oxygens (including phenoxy) is 5. The van der Waals surface area contributed by atoms with Gasteiger partial charge in [0.05, 0.1) is 46.2 Å². The smallest absolute Gasteiger partial charge is 0.251 e. The van der Waals surface area contributed by atoms with E-state index >= 15 is 0 Å². The molecule has 0 bridgehead atoms. The summed E-state index contributed by atoms with van der Waals surface area (Å²) >= 11 is 0. The third kappa shape index (κ3) is 32.5. The minimum Gasteiger partial charge on any atom is -0.490 e. The molecule has 0 saturated carbocycles. The van der Waals surface area contributed by atoms with Crippen LogP contribution in [-0.2, 0) is 9.47 Å². The average molecular weight is 805 g/mol. The molecule has 8 heteroatoms. The van der Waals surface area contributed by atoms with Gasteiger partial charge in [0, 0.05) is 18.7 Å². The minimum absolute atomic E-state index is 0.174. The number of nitrogens with two attached hydrogens (primary N) is 1. The molecule has 0 aliphatic carbocycles. The van der Waals surface area contributed by atoms with Gasteiger partial charge in [-0.05, 0) is 31.4 Å². The standard InChI is InChI=1S/C49H92N2O6/c1-4-7-10-13-16-19-22-25-28-31-36-55-46-43-45(49(52)51-35-40-54-42-41-53-39-34-50)44-47(56-37-32-29-26-23-20-17-14-11-8-5-2)48(46)57-38-33-30-27-24-21-18-15-12-9-6-3/h43-44H,4-42,50H2,1-3H3,(H,51,52). The highest BCUT2D eigenvalue weighted by Crippen LogP contribution is 2.40. The zero-order chi connectivity index (χ0) is 41.1. The van der Waals surface area contributed by atoms with Crippen molar-refractivity contribution >= 4 is 5.91 Å². The van der Waals surface area contributed by atoms with Crippen molar-refractivity contribution in [3.05, 3.63) is 17.7 Å². The first-order chi connectivity index (χ1) is 28.2. The van der Waals surface area contributed by atoms with E-state index in [1.54, 1.807) is 0 Å². The normalized spacial score (nSPS) is 11.3. The van der Waals surface area contributed by atoms with Crippen molar-refractivity contribution < 1.29 is 28.5 Å². The van der Waals surface area contributed by atoms with Crippen molar-refractivity contribution in [3.8, 4) is 17.2 Å². The average Bonchev–Trinajstić information content (AvgIpc) is 3.22. The maximum absolute atomic E-state index is 13.5. The molecule has 3 N–H and O–H groups in total. The van der Waals surface area contributed by atoms with Crippen molar-refractivity contribution in [2.75, 3.05) is 59.3 Å². The molecule has 0 aliphatic heterocycles. The fraction of sp³-hybridized carbons (Fsp3) is 0.857. The molecule has 0 aliphatic rings. The second kappa shape index (κ2) is 42.1. The van der Waals surface area contributed by atoms with E-state index in [-0.39, 0.29) is 5.91 Å². The lowest BCUT2D eigenvalue weighted by molar-refractivity contribution is 0.0511. The van der Waals surface area contributed by atoms with Crippen LogP contribution in [0.2, 0.25) is 0 Å². The van der Waals surface area contributed by atoms with E-state index in [4.69, 9.17) is 29.4 Å². The number of carbonyl (C=O) groups excluding carboxylic acids is 1. The third-order valence-corrected chi connectivity index (χ3v) is 10.7. The summed E-state index contributed by atoms with van der Waals surface area (Å²) in [7, 11) is 0. The third-order valence-electron chi connectivity index (χ3n) is 10.7. The zero-order valence-electron chi connectivity index (χ0n) is 37.8. The quantitative estimate of drug-likeness (QED) is 0.0633. The van der Waals surface area contributed by atoms with Gasteiger partial charge in [-0.25, -0.2) is 0 Å². The van der Waals surface area contributed by atoms with Crippen LogP contribution in [0.5, 0.6) is 17.2 Å². The fourth-order valence-corrected chi connectivity index (χ4v) is 7.12. The van der Waals surface area contributed by atoms with Gasteiger partial charge < -0.3 is 34.7 Å². The number of nitrogens with one attached hydrogen (secondary N) is 1. The Hall–Kier alpha value is -2.03. The molecule has 0 radical (unpaired) electrons. The van der Waals surface area contributed by atoms with E-state index in [1.807, 2.05) is 12.1 Å². The molecule has 1 aromatic rings. The molecule has 0 saturated heterocycles. The van der Waals surface area contributed by atoms with Gasteiger partial charge >= 0.3 is 0 Å². The Morgan fingerprint density at radius 2 is 0.772 bits per heavy atom. The molecule has 0 fully saturated rings. The first-order valence-electron chi connectivity index (χ1n) is 24.4. The molecule has 57 heavy (non-hydrogen) atoms. The van der Waals surface area contributed by atoms with E-state index in [1.165, 1.54) is 154 Å². The van der Waals surface area contributed by atoms with E-state index in [2.05, 4.69) is 26.1 Å². The Morgan fingerprint density at radius 1 is 0.439 bits per heavy atom.